The van der Waals surface area contributed by atoms with Gasteiger partial charge in [-0.05, 0) is 29.5 Å². The van der Waals surface area contributed by atoms with Gasteiger partial charge in [-0.2, -0.15) is 0 Å². The molecule has 23 heavy (non-hydrogen) atoms. The van der Waals surface area contributed by atoms with Crippen LogP contribution in [0.5, 0.6) is 0 Å². The van der Waals surface area contributed by atoms with Crippen LogP contribution in [0.3, 0.4) is 0 Å². The van der Waals surface area contributed by atoms with Gasteiger partial charge in [0.2, 0.25) is 0 Å². The molecule has 0 bridgehead atoms. The van der Waals surface area contributed by atoms with Crippen LogP contribution in [-0.4, -0.2) is 31.0 Å². The summed E-state index contributed by atoms with van der Waals surface area (Å²) in [7, 11) is -3.82. The minimum Gasteiger partial charge on any atom is -0.477 e. The van der Waals surface area contributed by atoms with Gasteiger partial charge in [0.1, 0.15) is 10.6 Å². The number of aromatic nitrogens is 1. The van der Waals surface area contributed by atoms with Crippen molar-refractivity contribution in [2.45, 2.75) is 25.2 Å². The topological polar surface area (TPSA) is 90.5 Å². The van der Waals surface area contributed by atoms with Crippen LogP contribution < -0.4 is 4.31 Å². The fourth-order valence-corrected chi connectivity index (χ4v) is 4.62. The summed E-state index contributed by atoms with van der Waals surface area (Å²) in [5.74, 6) is -1.19. The summed E-state index contributed by atoms with van der Waals surface area (Å²) in [6.45, 7) is 4.39. The molecule has 1 aromatic heterocycles. The van der Waals surface area contributed by atoms with Crippen molar-refractivity contribution in [3.05, 3.63) is 47.8 Å². The predicted molar refractivity (Wildman–Crippen MR) is 86.2 cm³/mol. The number of benzene rings is 1. The molecule has 2 heterocycles. The summed E-state index contributed by atoms with van der Waals surface area (Å²) in [5.41, 5.74) is 1.28. The largest absolute Gasteiger partial charge is 0.477 e. The van der Waals surface area contributed by atoms with Crippen LogP contribution >= 0.6 is 0 Å². The highest BCUT2D eigenvalue weighted by Crippen LogP contribution is 2.39. The summed E-state index contributed by atoms with van der Waals surface area (Å²) < 4.78 is 27.3. The van der Waals surface area contributed by atoms with E-state index < -0.39 is 16.0 Å². The number of nitrogens with one attached hydrogen (secondary N) is 1. The lowest BCUT2D eigenvalue weighted by Gasteiger charge is -2.39. The summed E-state index contributed by atoms with van der Waals surface area (Å²) in [5, 5.41) is 8.98. The van der Waals surface area contributed by atoms with E-state index in [4.69, 9.17) is 5.11 Å². The number of aromatic carboxylic acids is 1. The molecule has 1 aromatic carbocycles. The lowest BCUT2D eigenvalue weighted by atomic mass is 9.82. The van der Waals surface area contributed by atoms with E-state index in [0.717, 1.165) is 18.1 Å². The second-order valence-electron chi connectivity index (χ2n) is 6.54. The maximum atomic E-state index is 13.0. The van der Waals surface area contributed by atoms with Crippen LogP contribution in [0.2, 0.25) is 0 Å². The van der Waals surface area contributed by atoms with Crippen molar-refractivity contribution in [2.75, 3.05) is 10.8 Å². The Hall–Kier alpha value is -2.28. The number of carboxylic acid groups (broad SMARTS) is 1. The van der Waals surface area contributed by atoms with Gasteiger partial charge in [0, 0.05) is 12.7 Å². The van der Waals surface area contributed by atoms with Gasteiger partial charge in [0.15, 0.2) is 0 Å². The zero-order chi connectivity index (χ0) is 16.8. The van der Waals surface area contributed by atoms with Crippen LogP contribution in [0, 0.1) is 5.41 Å². The van der Waals surface area contributed by atoms with Gasteiger partial charge < -0.3 is 10.1 Å². The molecular weight excluding hydrogens is 316 g/mol. The van der Waals surface area contributed by atoms with Crippen molar-refractivity contribution in [3.8, 4) is 0 Å². The summed E-state index contributed by atoms with van der Waals surface area (Å²) in [6, 6.07) is 8.57. The standard InChI is InChI=1S/C16H18N2O4S/c1-16(2)8-11-5-3-4-6-14(11)18(10-16)23(21,22)12-7-13(15(19)20)17-9-12/h3-7,9,17H,8,10H2,1-2H3,(H,19,20). The van der Waals surface area contributed by atoms with Gasteiger partial charge in [-0.25, -0.2) is 13.2 Å². The zero-order valence-corrected chi connectivity index (χ0v) is 13.7. The van der Waals surface area contributed by atoms with Gasteiger partial charge in [-0.15, -0.1) is 0 Å². The Morgan fingerprint density at radius 3 is 2.65 bits per heavy atom. The SMILES string of the molecule is CC1(C)Cc2ccccc2N(S(=O)(=O)c2c[nH]c(C(=O)O)c2)C1. The first-order chi connectivity index (χ1) is 10.7. The number of carboxylic acids is 1. The highest BCUT2D eigenvalue weighted by Gasteiger charge is 2.37. The number of anilines is 1. The number of fused-ring (bicyclic) bond motifs is 1. The molecule has 0 amide bonds. The molecule has 122 valence electrons. The van der Waals surface area contributed by atoms with Crippen molar-refractivity contribution in [3.63, 3.8) is 0 Å². The molecule has 0 spiro atoms. The number of H-pyrrole nitrogens is 1. The number of nitrogens with zero attached hydrogens (tertiary/aromatic N) is 1. The van der Waals surface area contributed by atoms with Gasteiger partial charge in [0.25, 0.3) is 10.0 Å². The third-order valence-electron chi connectivity index (χ3n) is 3.98. The number of para-hydroxylation sites is 1. The van der Waals surface area contributed by atoms with Crippen LogP contribution in [0.25, 0.3) is 0 Å². The Balaban J connectivity index is 2.10. The predicted octanol–water partition coefficient (Wildman–Crippen LogP) is 2.49. The second kappa shape index (κ2) is 5.13. The van der Waals surface area contributed by atoms with E-state index in [1.54, 1.807) is 12.1 Å². The minimum absolute atomic E-state index is 0.0394. The van der Waals surface area contributed by atoms with Crippen molar-refractivity contribution in [1.29, 1.82) is 0 Å². The number of hydrogen-bond acceptors (Lipinski definition) is 3. The molecule has 0 radical (unpaired) electrons. The van der Waals surface area contributed by atoms with E-state index >= 15 is 0 Å². The van der Waals surface area contributed by atoms with E-state index in [-0.39, 0.29) is 16.0 Å². The molecular formula is C16H18N2O4S. The van der Waals surface area contributed by atoms with Crippen LogP contribution in [0.4, 0.5) is 5.69 Å². The van der Waals surface area contributed by atoms with Crippen LogP contribution in [0.15, 0.2) is 41.4 Å². The van der Waals surface area contributed by atoms with E-state index in [2.05, 4.69) is 4.98 Å². The first-order valence-electron chi connectivity index (χ1n) is 7.23. The van der Waals surface area contributed by atoms with Gasteiger partial charge in [-0.3, -0.25) is 4.31 Å². The smallest absolute Gasteiger partial charge is 0.352 e. The lowest BCUT2D eigenvalue weighted by molar-refractivity contribution is 0.0691. The van der Waals surface area contributed by atoms with Gasteiger partial charge in [0.05, 0.1) is 5.69 Å². The number of carbonyl (C=O) groups is 1. The molecule has 1 aliphatic heterocycles. The fraction of sp³-hybridized carbons (Fsp3) is 0.312. The monoisotopic (exact) mass is 334 g/mol. The third-order valence-corrected chi connectivity index (χ3v) is 5.71. The van der Waals surface area contributed by atoms with Gasteiger partial charge >= 0.3 is 5.97 Å². The summed E-state index contributed by atoms with van der Waals surface area (Å²) in [6.07, 6.45) is 2.02. The molecule has 0 unspecified atom stereocenters. The Labute approximate surface area is 134 Å². The molecule has 6 nitrogen and oxygen atoms in total. The fourth-order valence-electron chi connectivity index (χ4n) is 2.94. The van der Waals surface area contributed by atoms with E-state index in [0.29, 0.717) is 12.2 Å². The van der Waals surface area contributed by atoms with Crippen LogP contribution in [0.1, 0.15) is 29.9 Å². The maximum absolute atomic E-state index is 13.0. The molecule has 0 aliphatic carbocycles. The minimum atomic E-state index is -3.82. The lowest BCUT2D eigenvalue weighted by Crippen LogP contribution is -2.43. The zero-order valence-electron chi connectivity index (χ0n) is 12.9. The molecule has 3 rings (SSSR count). The van der Waals surface area contributed by atoms with E-state index in [9.17, 15) is 13.2 Å². The highest BCUT2D eigenvalue weighted by atomic mass is 32.2. The molecule has 0 saturated heterocycles. The molecule has 0 fully saturated rings. The summed E-state index contributed by atoms with van der Waals surface area (Å²) in [4.78, 5) is 13.4. The third kappa shape index (κ3) is 2.72. The van der Waals surface area contributed by atoms with Crippen LogP contribution in [-0.2, 0) is 16.4 Å². The Morgan fingerprint density at radius 1 is 1.30 bits per heavy atom. The normalized spacial score (nSPS) is 16.9. The first kappa shape index (κ1) is 15.6. The number of sulfonamides is 1. The average Bonchev–Trinajstić information content (AvgIpc) is 2.96. The molecule has 7 heteroatoms. The number of aromatic amines is 1. The Bertz CT molecular complexity index is 868. The molecule has 2 N–H and O–H groups in total. The average molecular weight is 334 g/mol. The first-order valence-corrected chi connectivity index (χ1v) is 8.67. The van der Waals surface area contributed by atoms with Crippen molar-refractivity contribution >= 4 is 21.7 Å². The second-order valence-corrected chi connectivity index (χ2v) is 8.40. The maximum Gasteiger partial charge on any atom is 0.352 e. The molecule has 0 atom stereocenters. The number of hydrogen-bond donors (Lipinski definition) is 2. The quantitative estimate of drug-likeness (QED) is 0.902. The van der Waals surface area contributed by atoms with E-state index in [1.807, 2.05) is 26.0 Å². The number of rotatable bonds is 3. The summed E-state index contributed by atoms with van der Waals surface area (Å²) >= 11 is 0. The van der Waals surface area contributed by atoms with Crippen molar-refractivity contribution in [1.82, 2.24) is 4.98 Å². The van der Waals surface area contributed by atoms with Crippen molar-refractivity contribution < 1.29 is 18.3 Å². The Kier molecular flexibility index (Phi) is 3.48. The van der Waals surface area contributed by atoms with Gasteiger partial charge in [-0.1, -0.05) is 32.0 Å². The Morgan fingerprint density at radius 2 is 2.00 bits per heavy atom. The molecule has 2 aromatic rings. The molecule has 1 aliphatic rings. The molecule has 0 saturated carbocycles. The van der Waals surface area contributed by atoms with E-state index in [1.165, 1.54) is 10.5 Å². The highest BCUT2D eigenvalue weighted by molar-refractivity contribution is 7.92. The van der Waals surface area contributed by atoms with Crippen molar-refractivity contribution in [2.24, 2.45) is 5.41 Å².